The number of hydrogen-bond donors (Lipinski definition) is 3. The standard InChI is InChI=1S/C11H19N3O2/c1-4-8-12-9(7-10(16)13-8)14-11(2,3)5-6-15/h7,15H,4-6H2,1-3H3,(H2,12,13,14,16). The maximum atomic E-state index is 11.3. The van der Waals surface area contributed by atoms with Gasteiger partial charge < -0.3 is 15.4 Å². The van der Waals surface area contributed by atoms with Gasteiger partial charge in [0.2, 0.25) is 0 Å². The molecular formula is C11H19N3O2. The van der Waals surface area contributed by atoms with Crippen molar-refractivity contribution >= 4 is 5.82 Å². The molecule has 0 spiro atoms. The summed E-state index contributed by atoms with van der Waals surface area (Å²) in [6.07, 6.45) is 1.29. The molecule has 16 heavy (non-hydrogen) atoms. The molecule has 90 valence electrons. The predicted octanol–water partition coefficient (Wildman–Crippen LogP) is 0.905. The van der Waals surface area contributed by atoms with E-state index in [1.165, 1.54) is 6.07 Å². The van der Waals surface area contributed by atoms with E-state index in [9.17, 15) is 4.79 Å². The molecule has 0 saturated heterocycles. The average molecular weight is 225 g/mol. The van der Waals surface area contributed by atoms with Crippen molar-refractivity contribution in [3.05, 3.63) is 22.2 Å². The van der Waals surface area contributed by atoms with Crippen LogP contribution in [0.2, 0.25) is 0 Å². The molecule has 0 radical (unpaired) electrons. The molecule has 0 aliphatic heterocycles. The molecule has 0 aliphatic rings. The van der Waals surface area contributed by atoms with Gasteiger partial charge in [-0.2, -0.15) is 0 Å². The van der Waals surface area contributed by atoms with E-state index in [-0.39, 0.29) is 17.7 Å². The van der Waals surface area contributed by atoms with Gasteiger partial charge in [0.15, 0.2) is 0 Å². The molecule has 1 heterocycles. The van der Waals surface area contributed by atoms with Crippen molar-refractivity contribution in [1.29, 1.82) is 0 Å². The monoisotopic (exact) mass is 225 g/mol. The van der Waals surface area contributed by atoms with Gasteiger partial charge in [-0.1, -0.05) is 6.92 Å². The lowest BCUT2D eigenvalue weighted by molar-refractivity contribution is 0.260. The van der Waals surface area contributed by atoms with Gasteiger partial charge in [0.1, 0.15) is 11.6 Å². The van der Waals surface area contributed by atoms with Crippen molar-refractivity contribution in [2.24, 2.45) is 0 Å². The minimum absolute atomic E-state index is 0.101. The van der Waals surface area contributed by atoms with E-state index >= 15 is 0 Å². The van der Waals surface area contributed by atoms with Crippen LogP contribution >= 0.6 is 0 Å². The van der Waals surface area contributed by atoms with Gasteiger partial charge in [-0.15, -0.1) is 0 Å². The van der Waals surface area contributed by atoms with Gasteiger partial charge in [0, 0.05) is 24.6 Å². The van der Waals surface area contributed by atoms with E-state index in [4.69, 9.17) is 5.11 Å². The summed E-state index contributed by atoms with van der Waals surface area (Å²) >= 11 is 0. The Labute approximate surface area is 94.9 Å². The van der Waals surface area contributed by atoms with Crippen LogP contribution in [0.1, 0.15) is 33.0 Å². The zero-order chi connectivity index (χ0) is 12.2. The lowest BCUT2D eigenvalue weighted by atomic mass is 10.0. The SMILES string of the molecule is CCc1nc(NC(C)(C)CCO)cc(=O)[nH]1. The van der Waals surface area contributed by atoms with Crippen LogP contribution in [0.5, 0.6) is 0 Å². The zero-order valence-corrected chi connectivity index (χ0v) is 10.0. The molecule has 5 heteroatoms. The molecule has 0 atom stereocenters. The third-order valence-corrected chi connectivity index (χ3v) is 2.33. The van der Waals surface area contributed by atoms with Crippen LogP contribution in [-0.2, 0) is 6.42 Å². The number of nitrogens with one attached hydrogen (secondary N) is 2. The summed E-state index contributed by atoms with van der Waals surface area (Å²) in [7, 11) is 0. The van der Waals surface area contributed by atoms with Crippen LogP contribution in [-0.4, -0.2) is 27.2 Å². The van der Waals surface area contributed by atoms with E-state index in [0.717, 1.165) is 0 Å². The highest BCUT2D eigenvalue weighted by molar-refractivity contribution is 5.36. The fraction of sp³-hybridized carbons (Fsp3) is 0.636. The van der Waals surface area contributed by atoms with Crippen LogP contribution < -0.4 is 10.9 Å². The second-order valence-electron chi connectivity index (χ2n) is 4.41. The van der Waals surface area contributed by atoms with Gasteiger partial charge in [-0.3, -0.25) is 4.79 Å². The summed E-state index contributed by atoms with van der Waals surface area (Å²) in [5, 5.41) is 12.1. The lowest BCUT2D eigenvalue weighted by Gasteiger charge is -2.25. The summed E-state index contributed by atoms with van der Waals surface area (Å²) < 4.78 is 0. The fourth-order valence-electron chi connectivity index (χ4n) is 1.43. The van der Waals surface area contributed by atoms with E-state index < -0.39 is 0 Å². The molecule has 0 fully saturated rings. The van der Waals surface area contributed by atoms with Crippen LogP contribution in [0.3, 0.4) is 0 Å². The predicted molar refractivity (Wildman–Crippen MR) is 63.6 cm³/mol. The van der Waals surface area contributed by atoms with Crippen molar-refractivity contribution in [2.45, 2.75) is 39.2 Å². The maximum absolute atomic E-state index is 11.3. The van der Waals surface area contributed by atoms with Crippen molar-refractivity contribution in [3.63, 3.8) is 0 Å². The number of aliphatic hydroxyl groups excluding tert-OH is 1. The first kappa shape index (κ1) is 12.7. The Morgan fingerprint density at radius 1 is 1.56 bits per heavy atom. The highest BCUT2D eigenvalue weighted by atomic mass is 16.3. The molecular weight excluding hydrogens is 206 g/mol. The molecule has 1 aromatic heterocycles. The number of rotatable bonds is 5. The fourth-order valence-corrected chi connectivity index (χ4v) is 1.43. The highest BCUT2D eigenvalue weighted by Crippen LogP contribution is 2.14. The minimum atomic E-state index is -0.277. The molecule has 5 nitrogen and oxygen atoms in total. The summed E-state index contributed by atoms with van der Waals surface area (Å²) in [6.45, 7) is 5.94. The molecule has 0 unspecified atom stereocenters. The average Bonchev–Trinajstić information content (AvgIpc) is 2.15. The number of aryl methyl sites for hydroxylation is 1. The number of anilines is 1. The molecule has 1 aromatic rings. The largest absolute Gasteiger partial charge is 0.396 e. The number of nitrogens with zero attached hydrogens (tertiary/aromatic N) is 1. The van der Waals surface area contributed by atoms with Gasteiger partial charge in [0.25, 0.3) is 5.56 Å². The molecule has 1 rings (SSSR count). The van der Waals surface area contributed by atoms with Crippen molar-refractivity contribution < 1.29 is 5.11 Å². The van der Waals surface area contributed by atoms with Crippen LogP contribution in [0.15, 0.2) is 10.9 Å². The quantitative estimate of drug-likeness (QED) is 0.696. The Balaban J connectivity index is 2.88. The first-order valence-electron chi connectivity index (χ1n) is 5.46. The number of aliphatic hydroxyl groups is 1. The third kappa shape index (κ3) is 3.66. The Morgan fingerprint density at radius 3 is 2.81 bits per heavy atom. The minimum Gasteiger partial charge on any atom is -0.396 e. The third-order valence-electron chi connectivity index (χ3n) is 2.33. The van der Waals surface area contributed by atoms with Crippen LogP contribution in [0.25, 0.3) is 0 Å². The molecule has 0 bridgehead atoms. The van der Waals surface area contributed by atoms with E-state index in [1.54, 1.807) is 0 Å². The molecule has 0 aliphatic carbocycles. The second-order valence-corrected chi connectivity index (χ2v) is 4.41. The lowest BCUT2D eigenvalue weighted by Crippen LogP contribution is -2.33. The van der Waals surface area contributed by atoms with Gasteiger partial charge in [-0.05, 0) is 20.3 Å². The summed E-state index contributed by atoms with van der Waals surface area (Å²) in [6, 6.07) is 1.43. The number of hydrogen-bond acceptors (Lipinski definition) is 4. The Kier molecular flexibility index (Phi) is 4.06. The number of aromatic amines is 1. The van der Waals surface area contributed by atoms with Gasteiger partial charge >= 0.3 is 0 Å². The van der Waals surface area contributed by atoms with Gasteiger partial charge in [-0.25, -0.2) is 4.98 Å². The maximum Gasteiger partial charge on any atom is 0.252 e. The van der Waals surface area contributed by atoms with Crippen molar-refractivity contribution in [2.75, 3.05) is 11.9 Å². The van der Waals surface area contributed by atoms with Crippen molar-refractivity contribution in [3.8, 4) is 0 Å². The van der Waals surface area contributed by atoms with Crippen molar-refractivity contribution in [1.82, 2.24) is 9.97 Å². The molecule has 0 aromatic carbocycles. The highest BCUT2D eigenvalue weighted by Gasteiger charge is 2.17. The summed E-state index contributed by atoms with van der Waals surface area (Å²) in [4.78, 5) is 18.3. The van der Waals surface area contributed by atoms with E-state index in [0.29, 0.717) is 24.5 Å². The molecule has 0 saturated carbocycles. The Bertz CT molecular complexity index is 398. The normalized spacial score (nSPS) is 11.5. The topological polar surface area (TPSA) is 78.0 Å². The van der Waals surface area contributed by atoms with Crippen LogP contribution in [0.4, 0.5) is 5.82 Å². The first-order valence-corrected chi connectivity index (χ1v) is 5.46. The summed E-state index contributed by atoms with van der Waals surface area (Å²) in [5.41, 5.74) is -0.435. The molecule has 0 amide bonds. The summed E-state index contributed by atoms with van der Waals surface area (Å²) in [5.74, 6) is 1.22. The zero-order valence-electron chi connectivity index (χ0n) is 10.0. The first-order chi connectivity index (χ1) is 7.46. The number of aromatic nitrogens is 2. The van der Waals surface area contributed by atoms with Gasteiger partial charge in [0.05, 0.1) is 0 Å². The number of H-pyrrole nitrogens is 1. The van der Waals surface area contributed by atoms with E-state index in [2.05, 4.69) is 15.3 Å². The van der Waals surface area contributed by atoms with Crippen LogP contribution in [0, 0.1) is 0 Å². The second kappa shape index (κ2) is 5.12. The smallest absolute Gasteiger partial charge is 0.252 e. The Morgan fingerprint density at radius 2 is 2.25 bits per heavy atom. The van der Waals surface area contributed by atoms with E-state index in [1.807, 2.05) is 20.8 Å². The Hall–Kier alpha value is -1.36. The molecule has 3 N–H and O–H groups in total.